The fourth-order valence-electron chi connectivity index (χ4n) is 6.79. The molecular weight excluding hydrogens is 533 g/mol. The maximum absolute atomic E-state index is 15.5. The van der Waals surface area contributed by atoms with Gasteiger partial charge in [-0.1, -0.05) is 19.3 Å². The second kappa shape index (κ2) is 11.2. The van der Waals surface area contributed by atoms with Gasteiger partial charge in [0.2, 0.25) is 5.91 Å². The molecule has 10 heteroatoms. The van der Waals surface area contributed by atoms with E-state index in [9.17, 15) is 9.59 Å². The maximum atomic E-state index is 15.5. The van der Waals surface area contributed by atoms with Crippen LogP contribution in [0, 0.1) is 11.7 Å². The molecule has 0 radical (unpaired) electrons. The third-order valence-corrected chi connectivity index (χ3v) is 8.91. The number of pyridine rings is 3. The van der Waals surface area contributed by atoms with Crippen molar-refractivity contribution in [2.75, 3.05) is 28.6 Å². The monoisotopic (exact) mass is 567 g/mol. The zero-order chi connectivity index (χ0) is 28.6. The average Bonchev–Trinajstić information content (AvgIpc) is 3.25. The molecule has 1 aromatic carbocycles. The van der Waals surface area contributed by atoms with Crippen molar-refractivity contribution >= 4 is 39.7 Å². The minimum absolute atomic E-state index is 0.0231. The smallest absolute Gasteiger partial charge is 0.259 e. The SMILES string of the molecule is O=C(Nc1ccc(-c2cc(Nc3ccc(N4C5CCC4CNC5)cn3)c3c(=O)[nH]ccc3n2)c(F)c1)C1CCCCC1. The van der Waals surface area contributed by atoms with E-state index in [1.807, 2.05) is 12.3 Å². The first-order valence-electron chi connectivity index (χ1n) is 14.9. The number of amides is 1. The molecule has 3 fully saturated rings. The van der Waals surface area contributed by atoms with Crippen LogP contribution >= 0.6 is 0 Å². The Morgan fingerprint density at radius 3 is 2.52 bits per heavy atom. The Labute approximate surface area is 243 Å². The molecule has 3 aliphatic rings. The van der Waals surface area contributed by atoms with Gasteiger partial charge in [-0.2, -0.15) is 0 Å². The summed E-state index contributed by atoms with van der Waals surface area (Å²) in [7, 11) is 0. The molecule has 9 nitrogen and oxygen atoms in total. The lowest BCUT2D eigenvalue weighted by molar-refractivity contribution is -0.120. The van der Waals surface area contributed by atoms with Crippen LogP contribution in [0.1, 0.15) is 44.9 Å². The number of carbonyl (C=O) groups excluding carboxylic acids is 1. The van der Waals surface area contributed by atoms with Gasteiger partial charge >= 0.3 is 0 Å². The number of hydrogen-bond donors (Lipinski definition) is 4. The Balaban J connectivity index is 1.17. The summed E-state index contributed by atoms with van der Waals surface area (Å²) in [4.78, 5) is 40.0. The highest BCUT2D eigenvalue weighted by molar-refractivity contribution is 5.95. The van der Waals surface area contributed by atoms with Gasteiger partial charge in [-0.25, -0.2) is 14.4 Å². The summed E-state index contributed by atoms with van der Waals surface area (Å²) in [6.45, 7) is 1.96. The molecule has 2 unspecified atom stereocenters. The molecule has 4 N–H and O–H groups in total. The number of piperazine rings is 1. The van der Waals surface area contributed by atoms with Crippen molar-refractivity contribution in [3.63, 3.8) is 0 Å². The number of halogens is 1. The molecule has 4 aromatic rings. The number of H-pyrrole nitrogens is 1. The summed E-state index contributed by atoms with van der Waals surface area (Å²) in [6.07, 6.45) is 10.8. The van der Waals surface area contributed by atoms with E-state index in [2.05, 4.69) is 41.9 Å². The molecule has 2 atom stereocenters. The topological polar surface area (TPSA) is 115 Å². The largest absolute Gasteiger partial charge is 0.362 e. The second-order valence-electron chi connectivity index (χ2n) is 11.6. The Morgan fingerprint density at radius 2 is 1.79 bits per heavy atom. The molecule has 1 saturated carbocycles. The highest BCUT2D eigenvalue weighted by Gasteiger charge is 2.36. The van der Waals surface area contributed by atoms with Crippen LogP contribution in [-0.4, -0.2) is 46.0 Å². The van der Waals surface area contributed by atoms with Gasteiger partial charge in [0, 0.05) is 48.5 Å². The van der Waals surface area contributed by atoms with E-state index in [0.29, 0.717) is 45.9 Å². The molecule has 0 spiro atoms. The van der Waals surface area contributed by atoms with Crippen molar-refractivity contribution in [3.8, 4) is 11.3 Å². The lowest BCUT2D eigenvalue weighted by Crippen LogP contribution is -2.52. The van der Waals surface area contributed by atoms with Gasteiger partial charge in [0.15, 0.2) is 0 Å². The van der Waals surface area contributed by atoms with E-state index >= 15 is 4.39 Å². The van der Waals surface area contributed by atoms with Gasteiger partial charge in [-0.3, -0.25) is 9.59 Å². The zero-order valence-electron chi connectivity index (χ0n) is 23.3. The number of aromatic nitrogens is 3. The average molecular weight is 568 g/mol. The van der Waals surface area contributed by atoms with Crippen LogP contribution in [0.2, 0.25) is 0 Å². The highest BCUT2D eigenvalue weighted by atomic mass is 19.1. The molecular formula is C32H34FN7O2. The molecule has 1 aliphatic carbocycles. The van der Waals surface area contributed by atoms with E-state index in [0.717, 1.165) is 50.9 Å². The predicted molar refractivity (Wildman–Crippen MR) is 163 cm³/mol. The van der Waals surface area contributed by atoms with E-state index in [4.69, 9.17) is 0 Å². The molecule has 5 heterocycles. The zero-order valence-corrected chi connectivity index (χ0v) is 23.3. The number of rotatable bonds is 6. The number of anilines is 4. The number of aromatic amines is 1. The Bertz CT molecular complexity index is 1670. The molecule has 2 saturated heterocycles. The number of nitrogens with zero attached hydrogens (tertiary/aromatic N) is 3. The summed E-state index contributed by atoms with van der Waals surface area (Å²) < 4.78 is 15.5. The molecule has 3 aromatic heterocycles. The minimum Gasteiger partial charge on any atom is -0.362 e. The summed E-state index contributed by atoms with van der Waals surface area (Å²) >= 11 is 0. The normalized spacial score (nSPS) is 20.5. The van der Waals surface area contributed by atoms with Crippen LogP contribution in [0.25, 0.3) is 22.2 Å². The Kier molecular flexibility index (Phi) is 7.07. The highest BCUT2D eigenvalue weighted by Crippen LogP contribution is 2.34. The van der Waals surface area contributed by atoms with Crippen LogP contribution in [0.4, 0.5) is 27.3 Å². The Hall–Kier alpha value is -4.31. The van der Waals surface area contributed by atoms with Gasteiger partial charge in [-0.05, 0) is 68.1 Å². The van der Waals surface area contributed by atoms with Crippen molar-refractivity contribution in [2.45, 2.75) is 57.0 Å². The lowest BCUT2D eigenvalue weighted by atomic mass is 9.88. The second-order valence-corrected chi connectivity index (χ2v) is 11.6. The van der Waals surface area contributed by atoms with Crippen LogP contribution in [0.3, 0.4) is 0 Å². The fraction of sp³-hybridized carbons (Fsp3) is 0.375. The lowest BCUT2D eigenvalue weighted by Gasteiger charge is -2.37. The summed E-state index contributed by atoms with van der Waals surface area (Å²) in [5.74, 6) is -0.0130. The number of fused-ring (bicyclic) bond motifs is 3. The molecule has 216 valence electrons. The van der Waals surface area contributed by atoms with Gasteiger partial charge in [0.1, 0.15) is 11.6 Å². The van der Waals surface area contributed by atoms with Crippen LogP contribution in [0.5, 0.6) is 0 Å². The number of carbonyl (C=O) groups is 1. The van der Waals surface area contributed by atoms with E-state index in [-0.39, 0.29) is 22.9 Å². The quantitative estimate of drug-likeness (QED) is 0.249. The van der Waals surface area contributed by atoms with Crippen LogP contribution < -0.4 is 26.4 Å². The first-order valence-corrected chi connectivity index (χ1v) is 14.9. The first-order chi connectivity index (χ1) is 20.5. The predicted octanol–water partition coefficient (Wildman–Crippen LogP) is 5.33. The van der Waals surface area contributed by atoms with E-state index in [1.54, 1.807) is 24.3 Å². The summed E-state index contributed by atoms with van der Waals surface area (Å²) in [5.41, 5.74) is 2.76. The fourth-order valence-corrected chi connectivity index (χ4v) is 6.79. The first kappa shape index (κ1) is 26.6. The number of hydrogen-bond acceptors (Lipinski definition) is 7. The summed E-state index contributed by atoms with van der Waals surface area (Å²) in [6, 6.07) is 12.9. The third kappa shape index (κ3) is 5.11. The van der Waals surface area contributed by atoms with E-state index in [1.165, 1.54) is 25.1 Å². The van der Waals surface area contributed by atoms with Crippen molar-refractivity contribution < 1.29 is 9.18 Å². The number of nitrogens with one attached hydrogen (secondary N) is 4. The summed E-state index contributed by atoms with van der Waals surface area (Å²) in [5, 5.41) is 10.0. The minimum atomic E-state index is -0.507. The van der Waals surface area contributed by atoms with Crippen molar-refractivity contribution in [3.05, 3.63) is 71.0 Å². The van der Waals surface area contributed by atoms with Gasteiger partial charge in [0.25, 0.3) is 5.56 Å². The molecule has 7 rings (SSSR count). The van der Waals surface area contributed by atoms with Crippen LogP contribution in [-0.2, 0) is 4.79 Å². The molecule has 2 aliphatic heterocycles. The van der Waals surface area contributed by atoms with Gasteiger partial charge in [0.05, 0.1) is 34.2 Å². The van der Waals surface area contributed by atoms with Crippen molar-refractivity contribution in [1.82, 2.24) is 20.3 Å². The van der Waals surface area contributed by atoms with Gasteiger partial charge in [-0.15, -0.1) is 0 Å². The molecule has 1 amide bonds. The molecule has 2 bridgehead atoms. The van der Waals surface area contributed by atoms with E-state index < -0.39 is 5.82 Å². The van der Waals surface area contributed by atoms with Gasteiger partial charge < -0.3 is 25.8 Å². The van der Waals surface area contributed by atoms with Crippen molar-refractivity contribution in [2.24, 2.45) is 5.92 Å². The van der Waals surface area contributed by atoms with Crippen molar-refractivity contribution in [1.29, 1.82) is 0 Å². The molecule has 42 heavy (non-hydrogen) atoms. The number of benzene rings is 1. The Morgan fingerprint density at radius 1 is 0.976 bits per heavy atom. The standard InChI is InChI=1S/C32H34FN7O2/c33-25-14-20(37-31(41)19-4-2-1-3-5-19)6-10-24(25)27-15-28(30-26(38-27)12-13-35-32(30)42)39-29-11-9-23(18-36-29)40-21-7-8-22(40)17-34-16-21/h6,9-15,18-19,21-22,34H,1-5,7-8,16-17H2,(H,35,42)(H,37,41)(H,36,38,39). The maximum Gasteiger partial charge on any atom is 0.259 e. The van der Waals surface area contributed by atoms with Crippen LogP contribution in [0.15, 0.2) is 59.7 Å². The third-order valence-electron chi connectivity index (χ3n) is 8.91.